The maximum absolute atomic E-state index is 13.1. The van der Waals surface area contributed by atoms with E-state index in [4.69, 9.17) is 0 Å². The fourth-order valence-electron chi connectivity index (χ4n) is 2.98. The molecule has 0 radical (unpaired) electrons. The monoisotopic (exact) mass is 434 g/mol. The minimum absolute atomic E-state index is 0.266. The molecule has 4 rings (SSSR count). The Morgan fingerprint density at radius 2 is 1.94 bits per heavy atom. The molecule has 0 fully saturated rings. The molecule has 31 heavy (non-hydrogen) atoms. The van der Waals surface area contributed by atoms with Crippen LogP contribution in [0.5, 0.6) is 0 Å². The normalized spacial score (nSPS) is 10.8. The lowest BCUT2D eigenvalue weighted by molar-refractivity contribution is 0.102. The summed E-state index contributed by atoms with van der Waals surface area (Å²) < 4.78 is 14.7. The third-order valence-electron chi connectivity index (χ3n) is 4.63. The Balaban J connectivity index is 1.53. The van der Waals surface area contributed by atoms with Gasteiger partial charge in [0.05, 0.1) is 11.3 Å². The second-order valence-corrected chi connectivity index (χ2v) is 7.83. The van der Waals surface area contributed by atoms with E-state index in [1.54, 1.807) is 35.1 Å². The van der Waals surface area contributed by atoms with E-state index in [2.05, 4.69) is 25.8 Å². The fraction of sp³-hybridized carbons (Fsp3) is 0.136. The van der Waals surface area contributed by atoms with Crippen LogP contribution in [0.4, 0.5) is 10.1 Å². The van der Waals surface area contributed by atoms with Crippen LogP contribution in [0, 0.1) is 19.7 Å². The molecular weight excluding hydrogens is 415 g/mol. The van der Waals surface area contributed by atoms with E-state index in [0.29, 0.717) is 27.9 Å². The van der Waals surface area contributed by atoms with Gasteiger partial charge < -0.3 is 5.32 Å². The standard InChI is InChI=1S/C22H19FN6OS/c1-14-5-10-18(12-20(14)29-15(2)26-27-28-29)25-21(30)19-4-3-11-24-22(19)31-13-16-6-8-17(23)9-7-16/h3-12H,13H2,1-2H3,(H,25,30). The number of hydrogen-bond acceptors (Lipinski definition) is 6. The summed E-state index contributed by atoms with van der Waals surface area (Å²) in [5.41, 5.74) is 3.81. The molecular formula is C22H19FN6OS. The van der Waals surface area contributed by atoms with Crippen LogP contribution in [-0.2, 0) is 5.75 Å². The van der Waals surface area contributed by atoms with Crippen molar-refractivity contribution in [2.75, 3.05) is 5.32 Å². The first-order chi connectivity index (χ1) is 15.0. The molecule has 1 amide bonds. The van der Waals surface area contributed by atoms with Crippen molar-refractivity contribution >= 4 is 23.4 Å². The molecule has 1 N–H and O–H groups in total. The third kappa shape index (κ3) is 4.77. The molecule has 2 aromatic heterocycles. The number of anilines is 1. The van der Waals surface area contributed by atoms with Crippen molar-refractivity contribution in [2.45, 2.75) is 24.6 Å². The zero-order valence-corrected chi connectivity index (χ0v) is 17.7. The number of hydrogen-bond donors (Lipinski definition) is 1. The molecule has 2 heterocycles. The zero-order valence-electron chi connectivity index (χ0n) is 16.9. The number of benzene rings is 2. The van der Waals surface area contributed by atoms with Crippen molar-refractivity contribution < 1.29 is 9.18 Å². The average molecular weight is 435 g/mol. The number of halogens is 1. The summed E-state index contributed by atoms with van der Waals surface area (Å²) in [4.78, 5) is 17.3. The summed E-state index contributed by atoms with van der Waals surface area (Å²) in [5, 5.41) is 15.1. The minimum Gasteiger partial charge on any atom is -0.322 e. The highest BCUT2D eigenvalue weighted by Crippen LogP contribution is 2.26. The molecule has 0 spiro atoms. The molecule has 2 aromatic carbocycles. The van der Waals surface area contributed by atoms with E-state index < -0.39 is 0 Å². The lowest BCUT2D eigenvalue weighted by Gasteiger charge is -2.12. The van der Waals surface area contributed by atoms with Crippen molar-refractivity contribution in [1.82, 2.24) is 25.2 Å². The van der Waals surface area contributed by atoms with E-state index >= 15 is 0 Å². The number of tetrazole rings is 1. The van der Waals surface area contributed by atoms with Crippen molar-refractivity contribution in [2.24, 2.45) is 0 Å². The Morgan fingerprint density at radius 3 is 2.68 bits per heavy atom. The summed E-state index contributed by atoms with van der Waals surface area (Å²) in [6.45, 7) is 3.76. The smallest absolute Gasteiger partial charge is 0.258 e. The van der Waals surface area contributed by atoms with Gasteiger partial charge in [0.25, 0.3) is 5.91 Å². The van der Waals surface area contributed by atoms with Gasteiger partial charge in [-0.3, -0.25) is 4.79 Å². The number of pyridine rings is 1. The van der Waals surface area contributed by atoms with E-state index in [1.165, 1.54) is 23.9 Å². The molecule has 0 bridgehead atoms. The van der Waals surface area contributed by atoms with Crippen LogP contribution < -0.4 is 5.32 Å². The Hall–Kier alpha value is -3.59. The number of nitrogens with zero attached hydrogens (tertiary/aromatic N) is 5. The van der Waals surface area contributed by atoms with Crippen LogP contribution in [0.1, 0.15) is 27.3 Å². The van der Waals surface area contributed by atoms with Gasteiger partial charge >= 0.3 is 0 Å². The highest BCUT2D eigenvalue weighted by atomic mass is 32.2. The topological polar surface area (TPSA) is 85.6 Å². The van der Waals surface area contributed by atoms with E-state index in [-0.39, 0.29) is 11.7 Å². The minimum atomic E-state index is -0.277. The van der Waals surface area contributed by atoms with Gasteiger partial charge in [-0.2, -0.15) is 4.68 Å². The average Bonchev–Trinajstić information content (AvgIpc) is 3.20. The Kier molecular flexibility index (Phi) is 6.03. The van der Waals surface area contributed by atoms with Crippen LogP contribution in [-0.4, -0.2) is 31.1 Å². The van der Waals surface area contributed by atoms with Gasteiger partial charge in [0, 0.05) is 17.6 Å². The number of aromatic nitrogens is 5. The molecule has 0 aliphatic heterocycles. The van der Waals surface area contributed by atoms with Crippen molar-refractivity contribution in [3.05, 3.63) is 89.1 Å². The van der Waals surface area contributed by atoms with Crippen LogP contribution in [0.3, 0.4) is 0 Å². The Bertz CT molecular complexity index is 1220. The first kappa shape index (κ1) is 20.7. The van der Waals surface area contributed by atoms with Gasteiger partial charge in [-0.1, -0.05) is 18.2 Å². The summed E-state index contributed by atoms with van der Waals surface area (Å²) in [6, 6.07) is 15.3. The van der Waals surface area contributed by atoms with Crippen LogP contribution >= 0.6 is 11.8 Å². The van der Waals surface area contributed by atoms with Crippen LogP contribution in [0.2, 0.25) is 0 Å². The highest BCUT2D eigenvalue weighted by Gasteiger charge is 2.15. The van der Waals surface area contributed by atoms with Gasteiger partial charge in [0.15, 0.2) is 5.82 Å². The molecule has 7 nitrogen and oxygen atoms in total. The fourth-order valence-corrected chi connectivity index (χ4v) is 3.93. The first-order valence-corrected chi connectivity index (χ1v) is 10.5. The molecule has 4 aromatic rings. The molecule has 9 heteroatoms. The summed E-state index contributed by atoms with van der Waals surface area (Å²) in [5.74, 6) is 0.683. The van der Waals surface area contributed by atoms with Crippen molar-refractivity contribution in [1.29, 1.82) is 0 Å². The number of carbonyl (C=O) groups is 1. The number of amides is 1. The molecule has 156 valence electrons. The third-order valence-corrected chi connectivity index (χ3v) is 5.70. The number of aryl methyl sites for hydroxylation is 2. The Labute approximate surface area is 182 Å². The van der Waals surface area contributed by atoms with Gasteiger partial charge in [-0.05, 0) is 71.8 Å². The second-order valence-electron chi connectivity index (χ2n) is 6.86. The molecule has 0 saturated heterocycles. The highest BCUT2D eigenvalue weighted by molar-refractivity contribution is 7.98. The largest absolute Gasteiger partial charge is 0.322 e. The SMILES string of the molecule is Cc1ccc(NC(=O)c2cccnc2SCc2ccc(F)cc2)cc1-n1nnnc1C. The number of carbonyl (C=O) groups excluding carboxylic acids is 1. The Morgan fingerprint density at radius 1 is 1.13 bits per heavy atom. The van der Waals surface area contributed by atoms with Crippen molar-refractivity contribution in [3.8, 4) is 5.69 Å². The summed E-state index contributed by atoms with van der Waals surface area (Å²) >= 11 is 1.43. The lowest BCUT2D eigenvalue weighted by Crippen LogP contribution is -2.14. The lowest BCUT2D eigenvalue weighted by atomic mass is 10.1. The van der Waals surface area contributed by atoms with Gasteiger partial charge in [-0.15, -0.1) is 16.9 Å². The van der Waals surface area contributed by atoms with Crippen LogP contribution in [0.15, 0.2) is 65.8 Å². The maximum Gasteiger partial charge on any atom is 0.258 e. The molecule has 0 aliphatic rings. The quantitative estimate of drug-likeness (QED) is 0.454. The number of nitrogens with one attached hydrogen (secondary N) is 1. The van der Waals surface area contributed by atoms with E-state index in [0.717, 1.165) is 16.8 Å². The zero-order chi connectivity index (χ0) is 21.8. The van der Waals surface area contributed by atoms with Crippen molar-refractivity contribution in [3.63, 3.8) is 0 Å². The van der Waals surface area contributed by atoms with E-state index in [1.807, 2.05) is 32.0 Å². The number of rotatable bonds is 6. The first-order valence-electron chi connectivity index (χ1n) is 9.51. The van der Waals surface area contributed by atoms with Gasteiger partial charge in [-0.25, -0.2) is 9.37 Å². The summed E-state index contributed by atoms with van der Waals surface area (Å²) in [6.07, 6.45) is 1.65. The van der Waals surface area contributed by atoms with Crippen LogP contribution in [0.25, 0.3) is 5.69 Å². The summed E-state index contributed by atoms with van der Waals surface area (Å²) in [7, 11) is 0. The molecule has 0 saturated carbocycles. The van der Waals surface area contributed by atoms with Gasteiger partial charge in [0.1, 0.15) is 10.8 Å². The number of thioether (sulfide) groups is 1. The predicted octanol–water partition coefficient (Wildman–Crippen LogP) is 4.36. The second kappa shape index (κ2) is 9.05. The van der Waals surface area contributed by atoms with Gasteiger partial charge in [0.2, 0.25) is 0 Å². The molecule has 0 unspecified atom stereocenters. The molecule has 0 aliphatic carbocycles. The van der Waals surface area contributed by atoms with E-state index in [9.17, 15) is 9.18 Å². The predicted molar refractivity (Wildman–Crippen MR) is 117 cm³/mol. The maximum atomic E-state index is 13.1. The molecule has 0 atom stereocenters.